The SMILES string of the molecule is CC1CC(=O)N(OC(=O)CCCc2ccc([123I])cc2)C1=O. The van der Waals surface area contributed by atoms with Gasteiger partial charge in [-0.05, 0) is 53.1 Å². The quantitative estimate of drug-likeness (QED) is 0.566. The van der Waals surface area contributed by atoms with Crippen LogP contribution in [0.4, 0.5) is 0 Å². The van der Waals surface area contributed by atoms with E-state index in [-0.39, 0.29) is 12.8 Å². The van der Waals surface area contributed by atoms with Crippen LogP contribution in [0.1, 0.15) is 31.7 Å². The number of nitrogens with zero attached hydrogens (tertiary/aromatic N) is 1. The molecule has 1 aliphatic rings. The van der Waals surface area contributed by atoms with Crippen LogP contribution in [0.2, 0.25) is 0 Å². The van der Waals surface area contributed by atoms with Crippen LogP contribution < -0.4 is 0 Å². The highest BCUT2D eigenvalue weighted by molar-refractivity contribution is 14.1. The van der Waals surface area contributed by atoms with Crippen molar-refractivity contribution in [2.75, 3.05) is 0 Å². The Hall–Kier alpha value is -1.44. The van der Waals surface area contributed by atoms with Crippen LogP contribution in [-0.2, 0) is 25.6 Å². The maximum absolute atomic E-state index is 11.7. The van der Waals surface area contributed by atoms with Crippen molar-refractivity contribution in [1.82, 2.24) is 5.06 Å². The van der Waals surface area contributed by atoms with Gasteiger partial charge in [-0.2, -0.15) is 0 Å². The lowest BCUT2D eigenvalue weighted by atomic mass is 10.1. The van der Waals surface area contributed by atoms with E-state index in [0.717, 1.165) is 15.6 Å². The molecule has 1 aromatic rings. The predicted molar refractivity (Wildman–Crippen MR) is 83.8 cm³/mol. The van der Waals surface area contributed by atoms with Crippen molar-refractivity contribution < 1.29 is 19.2 Å². The summed E-state index contributed by atoms with van der Waals surface area (Å²) in [7, 11) is 0. The Morgan fingerprint density at radius 2 is 2.00 bits per heavy atom. The van der Waals surface area contributed by atoms with Crippen molar-refractivity contribution in [1.29, 1.82) is 0 Å². The molecule has 0 aromatic heterocycles. The van der Waals surface area contributed by atoms with Crippen molar-refractivity contribution in [2.45, 2.75) is 32.6 Å². The summed E-state index contributed by atoms with van der Waals surface area (Å²) >= 11 is 2.23. The minimum Gasteiger partial charge on any atom is -0.330 e. The van der Waals surface area contributed by atoms with Crippen LogP contribution in [0.25, 0.3) is 0 Å². The molecule has 0 saturated carbocycles. The first kappa shape index (κ1) is 15.9. The summed E-state index contributed by atoms with van der Waals surface area (Å²) in [6.07, 6.45) is 1.65. The molecule has 0 bridgehead atoms. The number of imide groups is 1. The zero-order chi connectivity index (χ0) is 15.4. The molecule has 1 saturated heterocycles. The molecule has 21 heavy (non-hydrogen) atoms. The second-order valence-corrected chi connectivity index (χ2v) is 6.32. The first-order valence-electron chi connectivity index (χ1n) is 6.79. The molecule has 0 N–H and O–H groups in total. The highest BCUT2D eigenvalue weighted by Gasteiger charge is 2.38. The first-order chi connectivity index (χ1) is 9.97. The van der Waals surface area contributed by atoms with Crippen LogP contribution in [0.5, 0.6) is 0 Å². The highest BCUT2D eigenvalue weighted by Crippen LogP contribution is 2.19. The van der Waals surface area contributed by atoms with Crippen LogP contribution >= 0.6 is 22.6 Å². The van der Waals surface area contributed by atoms with Crippen molar-refractivity contribution in [2.24, 2.45) is 5.92 Å². The summed E-state index contributed by atoms with van der Waals surface area (Å²) < 4.78 is 1.16. The third-order valence-electron chi connectivity index (χ3n) is 3.28. The summed E-state index contributed by atoms with van der Waals surface area (Å²) in [6, 6.07) is 8.05. The van der Waals surface area contributed by atoms with Crippen molar-refractivity contribution in [3.05, 3.63) is 33.4 Å². The minimum atomic E-state index is -0.545. The number of benzene rings is 1. The summed E-state index contributed by atoms with van der Waals surface area (Å²) in [5, 5.41) is 0.609. The van der Waals surface area contributed by atoms with Gasteiger partial charge in [-0.1, -0.05) is 19.1 Å². The Morgan fingerprint density at radius 3 is 2.57 bits per heavy atom. The van der Waals surface area contributed by atoms with Crippen molar-refractivity contribution >= 4 is 40.4 Å². The first-order valence-corrected chi connectivity index (χ1v) is 7.87. The average Bonchev–Trinajstić information content (AvgIpc) is 2.68. The zero-order valence-electron chi connectivity index (χ0n) is 11.7. The Labute approximate surface area is 136 Å². The molecule has 5 nitrogen and oxygen atoms in total. The van der Waals surface area contributed by atoms with Gasteiger partial charge in [0.05, 0.1) is 0 Å². The van der Waals surface area contributed by atoms with E-state index >= 15 is 0 Å². The van der Waals surface area contributed by atoms with Gasteiger partial charge in [-0.25, -0.2) is 4.79 Å². The van der Waals surface area contributed by atoms with Gasteiger partial charge in [0.25, 0.3) is 11.8 Å². The normalized spacial score (nSPS) is 18.2. The van der Waals surface area contributed by atoms with Gasteiger partial charge in [0, 0.05) is 22.3 Å². The number of hydroxylamine groups is 2. The fraction of sp³-hybridized carbons (Fsp3) is 0.400. The Morgan fingerprint density at radius 1 is 1.33 bits per heavy atom. The predicted octanol–water partition coefficient (Wildman–Crippen LogP) is 2.47. The smallest absolute Gasteiger partial charge is 0.330 e. The molecule has 1 aliphatic heterocycles. The van der Waals surface area contributed by atoms with Crippen molar-refractivity contribution in [3.8, 4) is 0 Å². The van der Waals surface area contributed by atoms with E-state index < -0.39 is 23.7 Å². The van der Waals surface area contributed by atoms with Crippen LogP contribution in [0.3, 0.4) is 0 Å². The number of rotatable bonds is 5. The molecule has 2 amide bonds. The maximum atomic E-state index is 11.7. The zero-order valence-corrected chi connectivity index (χ0v) is 13.8. The van der Waals surface area contributed by atoms with Gasteiger partial charge in [-0.3, -0.25) is 9.59 Å². The topological polar surface area (TPSA) is 63.7 Å². The monoisotopic (exact) mass is 397 g/mol. The molecule has 6 heteroatoms. The van der Waals surface area contributed by atoms with Gasteiger partial charge in [0.2, 0.25) is 0 Å². The van der Waals surface area contributed by atoms with Gasteiger partial charge in [-0.15, -0.1) is 5.06 Å². The van der Waals surface area contributed by atoms with E-state index in [0.29, 0.717) is 11.5 Å². The van der Waals surface area contributed by atoms with Crippen LogP contribution in [-0.4, -0.2) is 22.8 Å². The lowest BCUT2D eigenvalue weighted by Crippen LogP contribution is -2.33. The molecule has 1 fully saturated rings. The van der Waals surface area contributed by atoms with Crippen LogP contribution in [0, 0.1) is 9.49 Å². The number of aryl methyl sites for hydroxylation is 1. The average molecular weight is 397 g/mol. The second-order valence-electron chi connectivity index (χ2n) is 5.07. The minimum absolute atomic E-state index is 0.106. The molecule has 2 rings (SSSR count). The molecule has 0 spiro atoms. The number of hydrogen-bond donors (Lipinski definition) is 0. The van der Waals surface area contributed by atoms with E-state index in [1.165, 1.54) is 0 Å². The fourth-order valence-corrected chi connectivity index (χ4v) is 2.45. The standard InChI is InChI=1S/C15H16INO4/c1-10-9-13(18)17(15(10)20)21-14(19)4-2-3-11-5-7-12(16)8-6-11/h5-8,10H,2-4,9H2,1H3/i16-4. The van der Waals surface area contributed by atoms with E-state index in [1.54, 1.807) is 6.92 Å². The number of carbonyl (C=O) groups is 3. The van der Waals surface area contributed by atoms with Gasteiger partial charge in [0.1, 0.15) is 0 Å². The van der Waals surface area contributed by atoms with Crippen LogP contribution in [0.15, 0.2) is 24.3 Å². The molecule has 0 radical (unpaired) electrons. The van der Waals surface area contributed by atoms with Crippen molar-refractivity contribution in [3.63, 3.8) is 0 Å². The molecule has 0 aliphatic carbocycles. The van der Waals surface area contributed by atoms with Gasteiger partial charge >= 0.3 is 5.97 Å². The highest BCUT2D eigenvalue weighted by atomic mass is 123. The molecular weight excluding hydrogens is 381 g/mol. The number of hydrogen-bond acceptors (Lipinski definition) is 4. The Balaban J connectivity index is 1.76. The van der Waals surface area contributed by atoms with E-state index in [9.17, 15) is 14.4 Å². The lowest BCUT2D eigenvalue weighted by Gasteiger charge is -2.13. The summed E-state index contributed by atoms with van der Waals surface area (Å²) in [5.41, 5.74) is 1.14. The molecule has 112 valence electrons. The fourth-order valence-electron chi connectivity index (χ4n) is 2.09. The summed E-state index contributed by atoms with van der Waals surface area (Å²) in [4.78, 5) is 39.6. The molecule has 1 aromatic carbocycles. The Bertz CT molecular complexity index is 555. The molecule has 1 unspecified atom stereocenters. The lowest BCUT2D eigenvalue weighted by molar-refractivity contribution is -0.198. The number of halogens is 1. The Kier molecular flexibility index (Phi) is 5.33. The molecule has 1 atom stereocenters. The summed E-state index contributed by atoms with van der Waals surface area (Å²) in [5.74, 6) is -1.84. The second kappa shape index (κ2) is 7.02. The third kappa shape index (κ3) is 4.26. The van der Waals surface area contributed by atoms with E-state index in [2.05, 4.69) is 22.6 Å². The third-order valence-corrected chi connectivity index (χ3v) is 4.00. The maximum Gasteiger partial charge on any atom is 0.333 e. The number of amides is 2. The summed E-state index contributed by atoms with van der Waals surface area (Å²) in [6.45, 7) is 1.64. The van der Waals surface area contributed by atoms with E-state index in [4.69, 9.17) is 4.84 Å². The van der Waals surface area contributed by atoms with Gasteiger partial charge in [0.15, 0.2) is 0 Å². The molecular formula is C15H16INO4. The number of carbonyl (C=O) groups excluding carboxylic acids is 3. The largest absolute Gasteiger partial charge is 0.333 e. The van der Waals surface area contributed by atoms with Gasteiger partial charge < -0.3 is 4.84 Å². The van der Waals surface area contributed by atoms with E-state index in [1.807, 2.05) is 24.3 Å². The molecule has 1 heterocycles.